The zero-order valence-electron chi connectivity index (χ0n) is 31.8. The molecule has 2 N–H and O–H groups in total. The van der Waals surface area contributed by atoms with Crippen LogP contribution in [-0.4, -0.2) is 92.5 Å². The summed E-state index contributed by atoms with van der Waals surface area (Å²) in [6, 6.07) is 28.1. The van der Waals surface area contributed by atoms with Crippen molar-refractivity contribution in [1.29, 1.82) is 0 Å². The number of rotatable bonds is 15. The number of H-pyrrole nitrogens is 1. The third kappa shape index (κ3) is 8.17. The number of aromatic nitrogens is 3. The molecular formula is C42H48N6O6S. The molecular weight excluding hydrogens is 717 g/mol. The number of benzene rings is 4. The summed E-state index contributed by atoms with van der Waals surface area (Å²) >= 11 is -1.12. The molecule has 13 heteroatoms. The van der Waals surface area contributed by atoms with E-state index >= 15 is 0 Å². The third-order valence-electron chi connectivity index (χ3n) is 10.0. The number of piperazine rings is 1. The van der Waals surface area contributed by atoms with Gasteiger partial charge in [-0.2, -0.15) is 5.10 Å². The van der Waals surface area contributed by atoms with Gasteiger partial charge in [-0.3, -0.25) is 4.68 Å². The zero-order chi connectivity index (χ0) is 38.5. The summed E-state index contributed by atoms with van der Waals surface area (Å²) in [6.45, 7) is 5.45. The highest BCUT2D eigenvalue weighted by molar-refractivity contribution is 7.86. The number of anilines is 1. The normalized spacial score (nSPS) is 14.2. The van der Waals surface area contributed by atoms with Crippen molar-refractivity contribution in [1.82, 2.24) is 23.4 Å². The van der Waals surface area contributed by atoms with Gasteiger partial charge in [-0.25, -0.2) is 4.79 Å². The van der Waals surface area contributed by atoms with E-state index in [4.69, 9.17) is 19.3 Å². The molecule has 3 heterocycles. The first-order valence-electron chi connectivity index (χ1n) is 18.7. The van der Waals surface area contributed by atoms with Crippen molar-refractivity contribution in [2.45, 2.75) is 33.0 Å². The summed E-state index contributed by atoms with van der Waals surface area (Å²) in [7, 11) is 5.46. The monoisotopic (exact) mass is 764 g/mol. The fourth-order valence-corrected chi connectivity index (χ4v) is 8.26. The molecule has 0 amide bonds. The summed E-state index contributed by atoms with van der Waals surface area (Å²) in [5, 5.41) is 18.4. The Morgan fingerprint density at radius 2 is 1.67 bits per heavy atom. The van der Waals surface area contributed by atoms with Crippen molar-refractivity contribution in [3.63, 3.8) is 0 Å². The maximum atomic E-state index is 13.3. The van der Waals surface area contributed by atoms with Crippen LogP contribution < -0.4 is 14.4 Å². The molecule has 0 spiro atoms. The van der Waals surface area contributed by atoms with Gasteiger partial charge in [0.05, 0.1) is 44.1 Å². The second kappa shape index (κ2) is 17.2. The van der Waals surface area contributed by atoms with Crippen molar-refractivity contribution in [3.8, 4) is 22.6 Å². The van der Waals surface area contributed by atoms with Gasteiger partial charge in [0.15, 0.2) is 0 Å². The minimum atomic E-state index is -1.12. The van der Waals surface area contributed by atoms with Gasteiger partial charge in [0.1, 0.15) is 41.0 Å². The van der Waals surface area contributed by atoms with Crippen molar-refractivity contribution in [3.05, 3.63) is 108 Å². The van der Waals surface area contributed by atoms with Crippen LogP contribution in [0.5, 0.6) is 11.5 Å². The van der Waals surface area contributed by atoms with Crippen LogP contribution in [0.2, 0.25) is 0 Å². The van der Waals surface area contributed by atoms with Gasteiger partial charge in [-0.05, 0) is 61.0 Å². The predicted molar refractivity (Wildman–Crippen MR) is 217 cm³/mol. The van der Waals surface area contributed by atoms with E-state index in [0.717, 1.165) is 76.0 Å². The number of carbonyl (C=O) groups excluding carboxylic acids is 1. The molecule has 1 fully saturated rings. The molecule has 0 radical (unpaired) electrons. The molecule has 1 aliphatic heterocycles. The summed E-state index contributed by atoms with van der Waals surface area (Å²) in [5.41, 5.74) is 5.96. The maximum absolute atomic E-state index is 13.3. The van der Waals surface area contributed by atoms with Crippen LogP contribution in [0.15, 0.2) is 84.9 Å². The summed E-state index contributed by atoms with van der Waals surface area (Å²) < 4.78 is 35.9. The molecule has 2 aromatic heterocycles. The molecule has 1 saturated heterocycles. The molecule has 6 aromatic rings. The van der Waals surface area contributed by atoms with E-state index in [9.17, 15) is 14.5 Å². The van der Waals surface area contributed by atoms with Gasteiger partial charge in [0.25, 0.3) is 0 Å². The number of hydrogen-bond donors (Lipinski definition) is 2. The molecule has 55 heavy (non-hydrogen) atoms. The quantitative estimate of drug-likeness (QED) is 0.0704. The lowest BCUT2D eigenvalue weighted by Crippen LogP contribution is -2.51. The van der Waals surface area contributed by atoms with E-state index in [-0.39, 0.29) is 19.8 Å². The van der Waals surface area contributed by atoms with E-state index in [1.54, 1.807) is 23.0 Å². The lowest BCUT2D eigenvalue weighted by molar-refractivity contribution is 0.0519. The summed E-state index contributed by atoms with van der Waals surface area (Å²) in [5.74, 6) is 1.10. The molecule has 0 bridgehead atoms. The van der Waals surface area contributed by atoms with Crippen LogP contribution in [0.4, 0.5) is 5.69 Å². The summed E-state index contributed by atoms with van der Waals surface area (Å²) in [6.07, 6.45) is 1.26. The molecule has 1 unspecified atom stereocenters. The largest absolute Gasteiger partial charge is 0.578 e. The average Bonchev–Trinajstić information content (AvgIpc) is 3.75. The Balaban J connectivity index is 1.10. The van der Waals surface area contributed by atoms with Gasteiger partial charge < -0.3 is 33.8 Å². The fourth-order valence-electron chi connectivity index (χ4n) is 7.32. The third-order valence-corrected chi connectivity index (χ3v) is 11.4. The van der Waals surface area contributed by atoms with Gasteiger partial charge in [-0.1, -0.05) is 54.6 Å². The number of fused-ring (bicyclic) bond motifs is 2. The molecule has 1 aliphatic rings. The second-order valence-corrected chi connectivity index (χ2v) is 15.4. The number of aromatic amines is 1. The maximum Gasteiger partial charge on any atom is 0.355 e. The van der Waals surface area contributed by atoms with E-state index < -0.39 is 17.5 Å². The number of para-hydroxylation sites is 1. The van der Waals surface area contributed by atoms with Crippen molar-refractivity contribution in [2.24, 2.45) is 7.05 Å². The Morgan fingerprint density at radius 1 is 0.945 bits per heavy atom. The molecule has 288 valence electrons. The minimum absolute atomic E-state index is 0.164. The standard InChI is InChI=1S/C42H48N6O6S/c1-5-52-42(50)41-34(16-10-26-53-38-17-8-12-29-11-6-7-13-32(29)38)33-14-9-15-35(40(33)43-41)39-36(44-46(4)37(39)27-49)28-54-31-20-18-30(19-21-31)47-22-24-48(25-23-47)55(51)45(2)3/h6-9,11-15,17-21,43,49H,5,10,16,22-28H2,1-4H3. The van der Waals surface area contributed by atoms with Crippen LogP contribution >= 0.6 is 0 Å². The van der Waals surface area contributed by atoms with Crippen molar-refractivity contribution < 1.29 is 28.7 Å². The molecule has 12 nitrogen and oxygen atoms in total. The highest BCUT2D eigenvalue weighted by atomic mass is 32.2. The van der Waals surface area contributed by atoms with Crippen molar-refractivity contribution >= 4 is 44.9 Å². The smallest absolute Gasteiger partial charge is 0.355 e. The Hall–Kier alpha value is -5.05. The molecule has 0 saturated carbocycles. The molecule has 7 rings (SSSR count). The first-order valence-corrected chi connectivity index (χ1v) is 19.7. The van der Waals surface area contributed by atoms with Crippen LogP contribution in [0, 0.1) is 0 Å². The molecule has 1 atom stereocenters. The number of carbonyl (C=O) groups is 1. The number of aryl methyl sites for hydroxylation is 2. The number of ether oxygens (including phenoxy) is 3. The Bertz CT molecular complexity index is 2240. The topological polar surface area (TPSA) is 131 Å². The lowest BCUT2D eigenvalue weighted by atomic mass is 9.98. The number of aliphatic hydroxyl groups excluding tert-OH is 1. The average molecular weight is 765 g/mol. The first kappa shape index (κ1) is 38.2. The number of nitrogens with zero attached hydrogens (tertiary/aromatic N) is 5. The SMILES string of the molecule is CCOC(=O)c1[nH]c2c(-c3c(COc4ccc(N5CCN([S+]([O-])N(C)C)CC5)cc4)nn(C)c3CO)cccc2c1CCCOc1cccc2ccccc12. The number of hydrogen-bond acceptors (Lipinski definition) is 10. The summed E-state index contributed by atoms with van der Waals surface area (Å²) in [4.78, 5) is 19.0. The van der Waals surface area contributed by atoms with Gasteiger partial charge in [-0.15, -0.1) is 8.61 Å². The highest BCUT2D eigenvalue weighted by Crippen LogP contribution is 2.37. The Morgan fingerprint density at radius 3 is 2.42 bits per heavy atom. The fraction of sp³-hybridized carbons (Fsp3) is 0.333. The van der Waals surface area contributed by atoms with Gasteiger partial charge in [0.2, 0.25) is 0 Å². The van der Waals surface area contributed by atoms with Crippen LogP contribution in [-0.2, 0) is 43.0 Å². The Kier molecular flexibility index (Phi) is 11.9. The van der Waals surface area contributed by atoms with Crippen LogP contribution in [0.3, 0.4) is 0 Å². The second-order valence-electron chi connectivity index (χ2n) is 13.6. The van der Waals surface area contributed by atoms with E-state index in [0.29, 0.717) is 42.3 Å². The predicted octanol–water partition coefficient (Wildman–Crippen LogP) is 6.24. The zero-order valence-corrected chi connectivity index (χ0v) is 32.6. The van der Waals surface area contributed by atoms with Crippen LogP contribution in [0.25, 0.3) is 32.8 Å². The molecule has 0 aliphatic carbocycles. The Labute approximate surface area is 324 Å². The van der Waals surface area contributed by atoms with E-state index in [2.05, 4.69) is 28.1 Å². The number of aliphatic hydroxyl groups is 1. The van der Waals surface area contributed by atoms with Crippen molar-refractivity contribution in [2.75, 3.05) is 58.4 Å². The van der Waals surface area contributed by atoms with E-state index in [1.165, 1.54) is 0 Å². The molecule has 4 aromatic carbocycles. The first-order chi connectivity index (χ1) is 26.8. The number of nitrogens with one attached hydrogen (secondary N) is 1. The van der Waals surface area contributed by atoms with Gasteiger partial charge >= 0.3 is 5.97 Å². The number of esters is 1. The van der Waals surface area contributed by atoms with Crippen LogP contribution in [0.1, 0.15) is 40.8 Å². The lowest BCUT2D eigenvalue weighted by Gasteiger charge is -2.36. The highest BCUT2D eigenvalue weighted by Gasteiger charge is 2.28. The van der Waals surface area contributed by atoms with E-state index in [1.807, 2.05) is 85.1 Å². The minimum Gasteiger partial charge on any atom is -0.578 e. The van der Waals surface area contributed by atoms with Gasteiger partial charge in [0, 0.05) is 61.8 Å².